The Kier molecular flexibility index (Phi) is 5.40. The van der Waals surface area contributed by atoms with Gasteiger partial charge in [0.05, 0.1) is 0 Å². The predicted octanol–water partition coefficient (Wildman–Crippen LogP) is 4.02. The van der Waals surface area contributed by atoms with Gasteiger partial charge in [-0.05, 0) is 41.9 Å². The molecule has 116 valence electrons. The molecule has 3 heteroatoms. The lowest BCUT2D eigenvalue weighted by molar-refractivity contribution is -0.126. The van der Waals surface area contributed by atoms with Crippen molar-refractivity contribution < 1.29 is 14.3 Å². The summed E-state index contributed by atoms with van der Waals surface area (Å²) in [5, 5.41) is 0. The summed E-state index contributed by atoms with van der Waals surface area (Å²) in [6.45, 7) is 6.73. The molecule has 1 aromatic carbocycles. The van der Waals surface area contributed by atoms with E-state index >= 15 is 0 Å². The molecule has 0 heterocycles. The van der Waals surface area contributed by atoms with Crippen LogP contribution in [0.1, 0.15) is 45.1 Å². The number of benzene rings is 1. The maximum absolute atomic E-state index is 12.3. The zero-order valence-corrected chi connectivity index (χ0v) is 13.5. The number of ketones is 1. The van der Waals surface area contributed by atoms with E-state index in [4.69, 9.17) is 9.47 Å². The van der Waals surface area contributed by atoms with Crippen LogP contribution in [0.4, 0.5) is 0 Å². The van der Waals surface area contributed by atoms with Crippen molar-refractivity contribution in [2.24, 2.45) is 17.8 Å². The molecule has 0 amide bonds. The van der Waals surface area contributed by atoms with Crippen LogP contribution in [0.2, 0.25) is 0 Å². The van der Waals surface area contributed by atoms with Crippen LogP contribution in [0.15, 0.2) is 24.3 Å². The third-order valence-electron chi connectivity index (χ3n) is 4.70. The highest BCUT2D eigenvalue weighted by atomic mass is 16.7. The fourth-order valence-electron chi connectivity index (χ4n) is 3.18. The third kappa shape index (κ3) is 3.85. The summed E-state index contributed by atoms with van der Waals surface area (Å²) >= 11 is 0. The number of carbonyl (C=O) groups is 1. The minimum absolute atomic E-state index is 0.0951. The van der Waals surface area contributed by atoms with Crippen molar-refractivity contribution in [2.75, 3.05) is 13.9 Å². The first-order chi connectivity index (χ1) is 10.0. The Morgan fingerprint density at radius 2 is 2.10 bits per heavy atom. The quantitative estimate of drug-likeness (QED) is 0.768. The predicted molar refractivity (Wildman–Crippen MR) is 83.4 cm³/mol. The van der Waals surface area contributed by atoms with Crippen LogP contribution in [-0.2, 0) is 9.53 Å². The summed E-state index contributed by atoms with van der Waals surface area (Å²) in [6, 6.07) is 8.08. The standard InChI is InChI=1S/C18H26O3/c1-12(2)15-9-17(13(3)18(19)10-15)14-6-5-7-16(8-14)21-11-20-4/h5-8,12-13,15,17H,9-11H2,1-4H3/t13-,15-,17+/m1/s1. The largest absolute Gasteiger partial charge is 0.468 e. The van der Waals surface area contributed by atoms with E-state index in [9.17, 15) is 4.79 Å². The maximum atomic E-state index is 12.3. The van der Waals surface area contributed by atoms with Crippen LogP contribution < -0.4 is 4.74 Å². The van der Waals surface area contributed by atoms with E-state index in [0.717, 1.165) is 18.6 Å². The molecular weight excluding hydrogens is 264 g/mol. The Hall–Kier alpha value is -1.35. The van der Waals surface area contributed by atoms with Crippen LogP contribution in [0.3, 0.4) is 0 Å². The minimum Gasteiger partial charge on any atom is -0.468 e. The molecule has 3 nitrogen and oxygen atoms in total. The molecule has 1 aliphatic rings. The van der Waals surface area contributed by atoms with Gasteiger partial charge in [0.2, 0.25) is 0 Å². The highest BCUT2D eigenvalue weighted by Crippen LogP contribution is 2.41. The fourth-order valence-corrected chi connectivity index (χ4v) is 3.18. The summed E-state index contributed by atoms with van der Waals surface area (Å²) in [7, 11) is 1.61. The van der Waals surface area contributed by atoms with E-state index in [2.05, 4.69) is 32.9 Å². The van der Waals surface area contributed by atoms with Crippen LogP contribution in [0.25, 0.3) is 0 Å². The average molecular weight is 290 g/mol. The molecule has 0 aromatic heterocycles. The Labute approximate surface area is 127 Å². The van der Waals surface area contributed by atoms with E-state index < -0.39 is 0 Å². The van der Waals surface area contributed by atoms with Crippen molar-refractivity contribution in [3.05, 3.63) is 29.8 Å². The Morgan fingerprint density at radius 1 is 1.33 bits per heavy atom. The number of hydrogen-bond donors (Lipinski definition) is 0. The van der Waals surface area contributed by atoms with Gasteiger partial charge in [0.25, 0.3) is 0 Å². The molecule has 1 aliphatic carbocycles. The monoisotopic (exact) mass is 290 g/mol. The van der Waals surface area contributed by atoms with Gasteiger partial charge >= 0.3 is 0 Å². The summed E-state index contributed by atoms with van der Waals surface area (Å²) in [4.78, 5) is 12.3. The van der Waals surface area contributed by atoms with Gasteiger partial charge in [0.15, 0.2) is 6.79 Å². The van der Waals surface area contributed by atoms with Crippen LogP contribution in [-0.4, -0.2) is 19.7 Å². The van der Waals surface area contributed by atoms with Crippen LogP contribution in [0.5, 0.6) is 5.75 Å². The normalized spacial score (nSPS) is 26.1. The van der Waals surface area contributed by atoms with Crippen LogP contribution >= 0.6 is 0 Å². The molecule has 0 radical (unpaired) electrons. The number of hydrogen-bond acceptors (Lipinski definition) is 3. The molecule has 0 saturated heterocycles. The molecule has 2 rings (SSSR count). The van der Waals surface area contributed by atoms with Gasteiger partial charge in [0, 0.05) is 19.4 Å². The number of Topliss-reactive ketones (excluding diaryl/α,β-unsaturated/α-hetero) is 1. The van der Waals surface area contributed by atoms with Gasteiger partial charge in [-0.25, -0.2) is 0 Å². The average Bonchev–Trinajstić information content (AvgIpc) is 2.47. The minimum atomic E-state index is 0.0951. The number of methoxy groups -OCH3 is 1. The molecule has 0 aliphatic heterocycles. The topological polar surface area (TPSA) is 35.5 Å². The van der Waals surface area contributed by atoms with Crippen molar-refractivity contribution in [3.63, 3.8) is 0 Å². The molecular formula is C18H26O3. The highest BCUT2D eigenvalue weighted by Gasteiger charge is 2.35. The van der Waals surface area contributed by atoms with E-state index in [1.165, 1.54) is 5.56 Å². The summed E-state index contributed by atoms with van der Waals surface area (Å²) in [5.74, 6) is 2.63. The van der Waals surface area contributed by atoms with Gasteiger partial charge in [-0.2, -0.15) is 0 Å². The highest BCUT2D eigenvalue weighted by molar-refractivity contribution is 5.82. The molecule has 1 fully saturated rings. The zero-order chi connectivity index (χ0) is 15.4. The smallest absolute Gasteiger partial charge is 0.188 e. The van der Waals surface area contributed by atoms with Crippen molar-refractivity contribution >= 4 is 5.78 Å². The SMILES string of the molecule is COCOc1cccc([C@H]2C[C@@H](C(C)C)CC(=O)[C@@H]2C)c1. The Bertz CT molecular complexity index is 481. The van der Waals surface area contributed by atoms with E-state index in [1.807, 2.05) is 12.1 Å². The van der Waals surface area contributed by atoms with Gasteiger partial charge in [-0.3, -0.25) is 4.79 Å². The fraction of sp³-hybridized carbons (Fsp3) is 0.611. The summed E-state index contributed by atoms with van der Waals surface area (Å²) in [5.41, 5.74) is 1.20. The zero-order valence-electron chi connectivity index (χ0n) is 13.5. The lowest BCUT2D eigenvalue weighted by Gasteiger charge is -2.35. The summed E-state index contributed by atoms with van der Waals surface area (Å²) < 4.78 is 10.5. The Balaban J connectivity index is 2.19. The maximum Gasteiger partial charge on any atom is 0.188 e. The van der Waals surface area contributed by atoms with Gasteiger partial charge < -0.3 is 9.47 Å². The number of rotatable bonds is 5. The lowest BCUT2D eigenvalue weighted by Crippen LogP contribution is -2.32. The second-order valence-electron chi connectivity index (χ2n) is 6.43. The van der Waals surface area contributed by atoms with Gasteiger partial charge in [-0.15, -0.1) is 0 Å². The second kappa shape index (κ2) is 7.08. The van der Waals surface area contributed by atoms with Crippen molar-refractivity contribution in [2.45, 2.75) is 39.5 Å². The van der Waals surface area contributed by atoms with Crippen molar-refractivity contribution in [1.29, 1.82) is 0 Å². The van der Waals surface area contributed by atoms with Crippen molar-refractivity contribution in [3.8, 4) is 5.75 Å². The van der Waals surface area contributed by atoms with Crippen molar-refractivity contribution in [1.82, 2.24) is 0 Å². The van der Waals surface area contributed by atoms with Gasteiger partial charge in [0.1, 0.15) is 11.5 Å². The molecule has 0 bridgehead atoms. The first-order valence-corrected chi connectivity index (χ1v) is 7.77. The first kappa shape index (κ1) is 16.0. The molecule has 3 atom stereocenters. The van der Waals surface area contributed by atoms with E-state index in [-0.39, 0.29) is 12.7 Å². The van der Waals surface area contributed by atoms with E-state index in [0.29, 0.717) is 23.5 Å². The molecule has 21 heavy (non-hydrogen) atoms. The molecule has 0 unspecified atom stereocenters. The van der Waals surface area contributed by atoms with Crippen LogP contribution in [0, 0.1) is 17.8 Å². The first-order valence-electron chi connectivity index (χ1n) is 7.77. The number of ether oxygens (including phenoxy) is 2. The van der Waals surface area contributed by atoms with Gasteiger partial charge in [-0.1, -0.05) is 32.9 Å². The molecule has 0 spiro atoms. The second-order valence-corrected chi connectivity index (χ2v) is 6.43. The summed E-state index contributed by atoms with van der Waals surface area (Å²) in [6.07, 6.45) is 1.81. The van der Waals surface area contributed by atoms with E-state index in [1.54, 1.807) is 7.11 Å². The Morgan fingerprint density at radius 3 is 2.76 bits per heavy atom. The molecule has 1 saturated carbocycles. The number of carbonyl (C=O) groups excluding carboxylic acids is 1. The molecule has 1 aromatic rings. The third-order valence-corrected chi connectivity index (χ3v) is 4.70. The molecule has 0 N–H and O–H groups in total. The lowest BCUT2D eigenvalue weighted by atomic mass is 9.68.